The maximum Gasteiger partial charge on any atom is 0.339 e. The Morgan fingerprint density at radius 1 is 0.960 bits per heavy atom. The highest BCUT2D eigenvalue weighted by Gasteiger charge is 2.17. The normalized spacial score (nSPS) is 14.9. The van der Waals surface area contributed by atoms with Gasteiger partial charge in [0.05, 0.1) is 5.56 Å². The van der Waals surface area contributed by atoms with Gasteiger partial charge < -0.3 is 4.74 Å². The molecule has 0 heterocycles. The number of ketones is 1. The molecule has 0 radical (unpaired) electrons. The van der Waals surface area contributed by atoms with Crippen LogP contribution in [0, 0.1) is 0 Å². The van der Waals surface area contributed by atoms with Gasteiger partial charge >= 0.3 is 5.97 Å². The molecule has 2 aromatic carbocycles. The molecule has 1 saturated carbocycles. The van der Waals surface area contributed by atoms with Crippen molar-refractivity contribution < 1.29 is 14.3 Å². The molecular weight excluding hydrogens is 380 g/mol. The molecule has 0 aromatic heterocycles. The smallest absolute Gasteiger partial charge is 0.339 e. The van der Waals surface area contributed by atoms with Crippen molar-refractivity contribution in [2.24, 2.45) is 0 Å². The van der Waals surface area contributed by atoms with Crippen molar-refractivity contribution >= 4 is 27.7 Å². The van der Waals surface area contributed by atoms with Crippen LogP contribution in [0.25, 0.3) is 0 Å². The number of carbonyl (C=O) groups excluding carboxylic acids is 2. The zero-order valence-corrected chi connectivity index (χ0v) is 15.6. The Morgan fingerprint density at radius 2 is 1.64 bits per heavy atom. The molecule has 1 fully saturated rings. The largest absolute Gasteiger partial charge is 0.454 e. The number of benzene rings is 2. The fourth-order valence-corrected chi connectivity index (χ4v) is 3.74. The van der Waals surface area contributed by atoms with E-state index in [9.17, 15) is 9.59 Å². The number of esters is 1. The highest BCUT2D eigenvalue weighted by Crippen LogP contribution is 2.32. The Balaban J connectivity index is 1.58. The summed E-state index contributed by atoms with van der Waals surface area (Å²) >= 11 is 3.31. The van der Waals surface area contributed by atoms with Crippen LogP contribution in [0.4, 0.5) is 0 Å². The molecule has 130 valence electrons. The zero-order chi connectivity index (χ0) is 17.6. The van der Waals surface area contributed by atoms with E-state index in [2.05, 4.69) is 15.9 Å². The average Bonchev–Trinajstić information content (AvgIpc) is 2.67. The molecule has 0 atom stereocenters. The van der Waals surface area contributed by atoms with Crippen LogP contribution < -0.4 is 0 Å². The monoisotopic (exact) mass is 400 g/mol. The van der Waals surface area contributed by atoms with Gasteiger partial charge in [0.15, 0.2) is 12.4 Å². The molecule has 0 N–H and O–H groups in total. The van der Waals surface area contributed by atoms with Crippen molar-refractivity contribution in [3.8, 4) is 0 Å². The van der Waals surface area contributed by atoms with Crippen LogP contribution in [0.5, 0.6) is 0 Å². The summed E-state index contributed by atoms with van der Waals surface area (Å²) in [4.78, 5) is 24.3. The fraction of sp³-hybridized carbons (Fsp3) is 0.333. The van der Waals surface area contributed by atoms with Gasteiger partial charge in [-0.2, -0.15) is 0 Å². The summed E-state index contributed by atoms with van der Waals surface area (Å²) in [5.41, 5.74) is 2.31. The maximum atomic E-state index is 12.3. The van der Waals surface area contributed by atoms with E-state index in [0.29, 0.717) is 21.5 Å². The minimum Gasteiger partial charge on any atom is -0.454 e. The molecule has 25 heavy (non-hydrogen) atoms. The highest BCUT2D eigenvalue weighted by molar-refractivity contribution is 9.10. The van der Waals surface area contributed by atoms with Gasteiger partial charge in [-0.1, -0.05) is 55.7 Å². The molecule has 0 amide bonds. The molecule has 2 aromatic rings. The maximum absolute atomic E-state index is 12.3. The van der Waals surface area contributed by atoms with Crippen molar-refractivity contribution in [1.82, 2.24) is 0 Å². The molecule has 4 heteroatoms. The third kappa shape index (κ3) is 4.57. The van der Waals surface area contributed by atoms with E-state index in [1.54, 1.807) is 18.2 Å². The van der Waals surface area contributed by atoms with Gasteiger partial charge in [-0.15, -0.1) is 0 Å². The van der Waals surface area contributed by atoms with E-state index in [-0.39, 0.29) is 12.4 Å². The Kier molecular flexibility index (Phi) is 6.03. The standard InChI is InChI=1S/C21H21BrO3/c22-19-9-5-4-8-18(19)21(24)25-14-20(23)17-12-10-16(11-13-17)15-6-2-1-3-7-15/h4-5,8-13,15H,1-3,6-7,14H2. The SMILES string of the molecule is O=C(COC(=O)c1ccccc1Br)c1ccc(C2CCCCC2)cc1. The first-order chi connectivity index (χ1) is 12.1. The molecule has 0 saturated heterocycles. The predicted molar refractivity (Wildman–Crippen MR) is 101 cm³/mol. The van der Waals surface area contributed by atoms with Crippen molar-refractivity contribution in [3.63, 3.8) is 0 Å². The molecular formula is C21H21BrO3. The Labute approximate surface area is 156 Å². The van der Waals surface area contributed by atoms with Crippen molar-refractivity contribution in [1.29, 1.82) is 0 Å². The Morgan fingerprint density at radius 3 is 2.32 bits per heavy atom. The van der Waals surface area contributed by atoms with Crippen LogP contribution in [0.1, 0.15) is 64.3 Å². The highest BCUT2D eigenvalue weighted by atomic mass is 79.9. The molecule has 1 aliphatic rings. The summed E-state index contributed by atoms with van der Waals surface area (Å²) in [7, 11) is 0. The van der Waals surface area contributed by atoms with Gasteiger partial charge in [-0.25, -0.2) is 4.79 Å². The second-order valence-corrected chi connectivity index (χ2v) is 7.29. The van der Waals surface area contributed by atoms with Gasteiger partial charge in [0, 0.05) is 10.0 Å². The van der Waals surface area contributed by atoms with Gasteiger partial charge in [0.25, 0.3) is 0 Å². The number of ether oxygens (including phenoxy) is 1. The van der Waals surface area contributed by atoms with E-state index in [1.807, 2.05) is 30.3 Å². The topological polar surface area (TPSA) is 43.4 Å². The minimum absolute atomic E-state index is 0.185. The van der Waals surface area contributed by atoms with Crippen LogP contribution in [0.3, 0.4) is 0 Å². The number of hydrogen-bond donors (Lipinski definition) is 0. The number of halogens is 1. The van der Waals surface area contributed by atoms with Crippen LogP contribution in [0.2, 0.25) is 0 Å². The van der Waals surface area contributed by atoms with Crippen LogP contribution in [-0.4, -0.2) is 18.4 Å². The first-order valence-electron chi connectivity index (χ1n) is 8.70. The van der Waals surface area contributed by atoms with E-state index < -0.39 is 5.97 Å². The fourth-order valence-electron chi connectivity index (χ4n) is 3.30. The van der Waals surface area contributed by atoms with E-state index >= 15 is 0 Å². The first-order valence-corrected chi connectivity index (χ1v) is 9.49. The summed E-state index contributed by atoms with van der Waals surface area (Å²) in [6.07, 6.45) is 6.37. The van der Waals surface area contributed by atoms with Crippen molar-refractivity contribution in [3.05, 3.63) is 69.7 Å². The lowest BCUT2D eigenvalue weighted by molar-refractivity contribution is 0.0474. The number of Topliss-reactive ketones (excluding diaryl/α,β-unsaturated/α-hetero) is 1. The van der Waals surface area contributed by atoms with Crippen molar-refractivity contribution in [2.75, 3.05) is 6.61 Å². The van der Waals surface area contributed by atoms with E-state index in [0.717, 1.165) is 0 Å². The Hall–Kier alpha value is -1.94. The Bertz CT molecular complexity index is 746. The lowest BCUT2D eigenvalue weighted by Crippen LogP contribution is -2.14. The number of rotatable bonds is 5. The van der Waals surface area contributed by atoms with Gasteiger partial charge in [0.1, 0.15) is 0 Å². The first kappa shape index (κ1) is 17.9. The summed E-state index contributed by atoms with van der Waals surface area (Å²) < 4.78 is 5.81. The van der Waals surface area contributed by atoms with Gasteiger partial charge in [0.2, 0.25) is 0 Å². The van der Waals surface area contributed by atoms with Crippen LogP contribution in [-0.2, 0) is 4.74 Å². The molecule has 3 nitrogen and oxygen atoms in total. The van der Waals surface area contributed by atoms with E-state index in [4.69, 9.17) is 4.74 Å². The van der Waals surface area contributed by atoms with Crippen LogP contribution >= 0.6 is 15.9 Å². The quantitative estimate of drug-likeness (QED) is 0.488. The van der Waals surface area contributed by atoms with Gasteiger partial charge in [-0.3, -0.25) is 4.79 Å². The third-order valence-corrected chi connectivity index (χ3v) is 5.43. The summed E-state index contributed by atoms with van der Waals surface area (Å²) in [6.45, 7) is -0.247. The van der Waals surface area contributed by atoms with Crippen LogP contribution in [0.15, 0.2) is 53.0 Å². The molecule has 0 bridgehead atoms. The zero-order valence-electron chi connectivity index (χ0n) is 14.0. The third-order valence-electron chi connectivity index (χ3n) is 4.74. The minimum atomic E-state index is -0.500. The van der Waals surface area contributed by atoms with E-state index in [1.165, 1.54) is 37.7 Å². The molecule has 0 spiro atoms. The molecule has 3 rings (SSSR count). The van der Waals surface area contributed by atoms with Crippen molar-refractivity contribution in [2.45, 2.75) is 38.0 Å². The number of carbonyl (C=O) groups is 2. The lowest BCUT2D eigenvalue weighted by atomic mass is 9.84. The second-order valence-electron chi connectivity index (χ2n) is 6.44. The summed E-state index contributed by atoms with van der Waals surface area (Å²) in [6, 6.07) is 14.8. The average molecular weight is 401 g/mol. The van der Waals surface area contributed by atoms with Gasteiger partial charge in [-0.05, 0) is 52.4 Å². The molecule has 0 unspecified atom stereocenters. The second kappa shape index (κ2) is 8.43. The number of hydrogen-bond acceptors (Lipinski definition) is 3. The molecule has 0 aliphatic heterocycles. The molecule has 1 aliphatic carbocycles. The predicted octanol–water partition coefficient (Wildman–Crippen LogP) is 5.54. The summed E-state index contributed by atoms with van der Waals surface area (Å²) in [5, 5.41) is 0. The summed E-state index contributed by atoms with van der Waals surface area (Å²) in [5.74, 6) is -0.0681. The lowest BCUT2D eigenvalue weighted by Gasteiger charge is -2.22.